The molecule has 0 fully saturated rings. The van der Waals surface area contributed by atoms with Gasteiger partial charge < -0.3 is 4.74 Å². The number of benzene rings is 1. The Morgan fingerprint density at radius 1 is 1.21 bits per heavy atom. The molecule has 0 aliphatic rings. The van der Waals surface area contributed by atoms with Gasteiger partial charge in [0, 0.05) is 23.2 Å². The maximum Gasteiger partial charge on any atom is 0.387 e. The van der Waals surface area contributed by atoms with Crippen molar-refractivity contribution in [2.75, 3.05) is 0 Å². The molecule has 0 amide bonds. The van der Waals surface area contributed by atoms with E-state index in [2.05, 4.69) is 9.72 Å². The molecule has 1 heterocycles. The molecule has 0 aliphatic heterocycles. The molecule has 0 bridgehead atoms. The minimum atomic E-state index is -2.80. The zero-order chi connectivity index (χ0) is 9.97. The molecule has 0 atom stereocenters. The molecule has 0 N–H and O–H groups in total. The summed E-state index contributed by atoms with van der Waals surface area (Å²) in [6.07, 6.45) is 3.15. The molecule has 2 nitrogen and oxygen atoms in total. The highest BCUT2D eigenvalue weighted by atomic mass is 19.3. The number of ether oxygens (including phenoxy) is 1. The predicted octanol–water partition coefficient (Wildman–Crippen LogP) is 2.84. The van der Waals surface area contributed by atoms with Gasteiger partial charge in [-0.3, -0.25) is 4.98 Å². The van der Waals surface area contributed by atoms with Crippen LogP contribution >= 0.6 is 0 Å². The number of nitrogens with zero attached hydrogens (tertiary/aromatic N) is 1. The molecule has 0 unspecified atom stereocenters. The van der Waals surface area contributed by atoms with Crippen molar-refractivity contribution in [1.82, 2.24) is 4.98 Å². The van der Waals surface area contributed by atoms with E-state index in [0.29, 0.717) is 5.39 Å². The van der Waals surface area contributed by atoms with Gasteiger partial charge in [0.05, 0.1) is 0 Å². The van der Waals surface area contributed by atoms with E-state index in [9.17, 15) is 8.78 Å². The molecule has 0 radical (unpaired) electrons. The highest BCUT2D eigenvalue weighted by Gasteiger charge is 2.07. The van der Waals surface area contributed by atoms with Crippen molar-refractivity contribution in [2.24, 2.45) is 0 Å². The van der Waals surface area contributed by atoms with Crippen molar-refractivity contribution in [3.8, 4) is 5.75 Å². The third kappa shape index (κ3) is 1.64. The molecule has 0 spiro atoms. The van der Waals surface area contributed by atoms with Crippen LogP contribution in [0.4, 0.5) is 8.78 Å². The summed E-state index contributed by atoms with van der Waals surface area (Å²) in [6, 6.07) is 6.60. The fourth-order valence-electron chi connectivity index (χ4n) is 1.29. The van der Waals surface area contributed by atoms with Crippen molar-refractivity contribution in [3.63, 3.8) is 0 Å². The van der Waals surface area contributed by atoms with E-state index in [1.807, 2.05) is 0 Å². The molecule has 2 rings (SSSR count). The fraction of sp³-hybridized carbons (Fsp3) is 0.100. The fourth-order valence-corrected chi connectivity index (χ4v) is 1.29. The summed E-state index contributed by atoms with van der Waals surface area (Å²) in [5, 5.41) is 1.42. The van der Waals surface area contributed by atoms with Gasteiger partial charge in [0.2, 0.25) is 0 Å². The minimum absolute atomic E-state index is 0.180. The zero-order valence-corrected chi connectivity index (χ0v) is 7.15. The first-order chi connectivity index (χ1) is 6.77. The van der Waals surface area contributed by atoms with E-state index in [4.69, 9.17) is 0 Å². The van der Waals surface area contributed by atoms with Crippen LogP contribution in [0.1, 0.15) is 0 Å². The van der Waals surface area contributed by atoms with Crippen molar-refractivity contribution in [2.45, 2.75) is 6.61 Å². The Morgan fingerprint density at radius 2 is 2.07 bits per heavy atom. The van der Waals surface area contributed by atoms with Crippen LogP contribution in [-0.4, -0.2) is 11.6 Å². The summed E-state index contributed by atoms with van der Waals surface area (Å²) in [7, 11) is 0. The molecule has 72 valence electrons. The predicted molar refractivity (Wildman–Crippen MR) is 48.4 cm³/mol. The van der Waals surface area contributed by atoms with Crippen LogP contribution in [0.3, 0.4) is 0 Å². The zero-order valence-electron chi connectivity index (χ0n) is 7.15. The topological polar surface area (TPSA) is 22.1 Å². The first-order valence-electron chi connectivity index (χ1n) is 4.05. The standard InChI is InChI=1S/C10H7F2NO/c11-10(12)14-9-3-1-2-7-6-13-5-4-8(7)9/h1-6,10H. The van der Waals surface area contributed by atoms with E-state index in [1.54, 1.807) is 30.6 Å². The number of aromatic nitrogens is 1. The van der Waals surface area contributed by atoms with Crippen LogP contribution in [0.5, 0.6) is 5.75 Å². The Hall–Kier alpha value is -1.71. The quantitative estimate of drug-likeness (QED) is 0.735. The Labute approximate surface area is 79.1 Å². The maximum atomic E-state index is 12.0. The van der Waals surface area contributed by atoms with Crippen molar-refractivity contribution >= 4 is 10.8 Å². The van der Waals surface area contributed by atoms with Crippen LogP contribution in [-0.2, 0) is 0 Å². The number of halogens is 2. The summed E-state index contributed by atoms with van der Waals surface area (Å²) >= 11 is 0. The molecule has 0 saturated heterocycles. The van der Waals surface area contributed by atoms with Crippen LogP contribution in [0.15, 0.2) is 36.7 Å². The second kappa shape index (κ2) is 3.57. The first kappa shape index (κ1) is 8.87. The van der Waals surface area contributed by atoms with Gasteiger partial charge in [-0.2, -0.15) is 8.78 Å². The Morgan fingerprint density at radius 3 is 2.86 bits per heavy atom. The van der Waals surface area contributed by atoms with Crippen LogP contribution < -0.4 is 4.74 Å². The second-order valence-corrected chi connectivity index (χ2v) is 2.73. The van der Waals surface area contributed by atoms with Crippen LogP contribution in [0, 0.1) is 0 Å². The molecule has 0 aliphatic carbocycles. The number of alkyl halides is 2. The van der Waals surface area contributed by atoms with E-state index < -0.39 is 6.61 Å². The van der Waals surface area contributed by atoms with Gasteiger partial charge in [-0.05, 0) is 12.1 Å². The summed E-state index contributed by atoms with van der Waals surface area (Å²) in [5.74, 6) is 0.180. The summed E-state index contributed by atoms with van der Waals surface area (Å²) in [4.78, 5) is 3.89. The summed E-state index contributed by atoms with van der Waals surface area (Å²) < 4.78 is 28.4. The molecular formula is C10H7F2NO. The van der Waals surface area contributed by atoms with E-state index in [0.717, 1.165) is 5.39 Å². The molecule has 14 heavy (non-hydrogen) atoms. The highest BCUT2D eigenvalue weighted by Crippen LogP contribution is 2.25. The average molecular weight is 195 g/mol. The van der Waals surface area contributed by atoms with Crippen molar-refractivity contribution < 1.29 is 13.5 Å². The van der Waals surface area contributed by atoms with Gasteiger partial charge in [0.1, 0.15) is 5.75 Å². The maximum absolute atomic E-state index is 12.0. The Balaban J connectivity index is 2.53. The lowest BCUT2D eigenvalue weighted by Crippen LogP contribution is -2.02. The van der Waals surface area contributed by atoms with Crippen LogP contribution in [0.2, 0.25) is 0 Å². The third-order valence-electron chi connectivity index (χ3n) is 1.86. The third-order valence-corrected chi connectivity index (χ3v) is 1.86. The van der Waals surface area contributed by atoms with Crippen LogP contribution in [0.25, 0.3) is 10.8 Å². The first-order valence-corrected chi connectivity index (χ1v) is 4.05. The monoisotopic (exact) mass is 195 g/mol. The average Bonchev–Trinajstić information content (AvgIpc) is 2.18. The number of rotatable bonds is 2. The molecular weight excluding hydrogens is 188 g/mol. The SMILES string of the molecule is FC(F)Oc1cccc2cnccc12. The smallest absolute Gasteiger partial charge is 0.387 e. The van der Waals surface area contributed by atoms with Gasteiger partial charge >= 0.3 is 6.61 Å². The lowest BCUT2D eigenvalue weighted by molar-refractivity contribution is -0.0487. The number of hydrogen-bond donors (Lipinski definition) is 0. The van der Waals surface area contributed by atoms with E-state index in [1.165, 1.54) is 6.07 Å². The molecule has 4 heteroatoms. The lowest BCUT2D eigenvalue weighted by Gasteiger charge is -2.06. The molecule has 1 aromatic heterocycles. The minimum Gasteiger partial charge on any atom is -0.434 e. The van der Waals surface area contributed by atoms with E-state index >= 15 is 0 Å². The molecule has 0 saturated carbocycles. The molecule has 1 aromatic carbocycles. The van der Waals surface area contributed by atoms with Gasteiger partial charge in [0.15, 0.2) is 0 Å². The second-order valence-electron chi connectivity index (χ2n) is 2.73. The van der Waals surface area contributed by atoms with Gasteiger partial charge in [-0.1, -0.05) is 12.1 Å². The van der Waals surface area contributed by atoms with Gasteiger partial charge in [0.25, 0.3) is 0 Å². The highest BCUT2D eigenvalue weighted by molar-refractivity contribution is 5.87. The Kier molecular flexibility index (Phi) is 2.26. The Bertz CT molecular complexity index is 440. The van der Waals surface area contributed by atoms with Crippen molar-refractivity contribution in [3.05, 3.63) is 36.7 Å². The lowest BCUT2D eigenvalue weighted by atomic mass is 10.1. The van der Waals surface area contributed by atoms with E-state index in [-0.39, 0.29) is 5.75 Å². The molecule has 2 aromatic rings. The van der Waals surface area contributed by atoms with Crippen molar-refractivity contribution in [1.29, 1.82) is 0 Å². The largest absolute Gasteiger partial charge is 0.434 e. The summed E-state index contributed by atoms with van der Waals surface area (Å²) in [6.45, 7) is -2.80. The number of hydrogen-bond acceptors (Lipinski definition) is 2. The normalized spacial score (nSPS) is 10.8. The summed E-state index contributed by atoms with van der Waals surface area (Å²) in [5.41, 5.74) is 0. The van der Waals surface area contributed by atoms with Gasteiger partial charge in [-0.15, -0.1) is 0 Å². The number of fused-ring (bicyclic) bond motifs is 1. The number of pyridine rings is 1. The van der Waals surface area contributed by atoms with Gasteiger partial charge in [-0.25, -0.2) is 0 Å².